The molecule has 0 aromatic carbocycles. The molecular weight excluding hydrogens is 200 g/mol. The first kappa shape index (κ1) is 11.9. The lowest BCUT2D eigenvalue weighted by molar-refractivity contribution is -0.148. The van der Waals surface area contributed by atoms with Gasteiger partial charge in [-0.05, 0) is 12.8 Å². The summed E-state index contributed by atoms with van der Waals surface area (Å²) in [5.41, 5.74) is 5.01. The quantitative estimate of drug-likeness (QED) is 0.525. The van der Waals surface area contributed by atoms with E-state index in [1.807, 2.05) is 0 Å². The number of nitrogens with one attached hydrogen (secondary N) is 1. The first-order valence-corrected chi connectivity index (χ1v) is 4.80. The topological polar surface area (TPSA) is 102 Å². The van der Waals surface area contributed by atoms with Crippen molar-refractivity contribution >= 4 is 11.9 Å². The number of carboxylic acid groups (broad SMARTS) is 1. The van der Waals surface area contributed by atoms with Crippen molar-refractivity contribution in [2.75, 3.05) is 20.2 Å². The fraction of sp³-hybridized carbons (Fsp3) is 0.778. The summed E-state index contributed by atoms with van der Waals surface area (Å²) in [5.74, 6) is -1.26. The summed E-state index contributed by atoms with van der Waals surface area (Å²) in [6.07, 6.45) is 0.558. The number of methoxy groups -OCH3 is 1. The molecule has 0 bridgehead atoms. The zero-order chi connectivity index (χ0) is 11.5. The minimum Gasteiger partial charge on any atom is -0.479 e. The number of nitrogens with two attached hydrogens (primary N) is 1. The Morgan fingerprint density at radius 2 is 2.20 bits per heavy atom. The Bertz CT molecular complexity index is 263. The molecule has 1 aliphatic carbocycles. The minimum absolute atomic E-state index is 0.0214. The standard InChI is InChI=1S/C9H16N2O4/c1-15-6(7(12)13)4-11-8(14)9(5-10)2-3-9/h6H,2-5,10H2,1H3,(H,11,14)(H,12,13). The van der Waals surface area contributed by atoms with E-state index in [1.54, 1.807) is 0 Å². The summed E-state index contributed by atoms with van der Waals surface area (Å²) in [6.45, 7) is 0.288. The van der Waals surface area contributed by atoms with Crippen LogP contribution in [0.25, 0.3) is 0 Å². The predicted molar refractivity (Wildman–Crippen MR) is 52.2 cm³/mol. The molecule has 1 aliphatic rings. The Labute approximate surface area is 87.8 Å². The number of carbonyl (C=O) groups excluding carboxylic acids is 1. The monoisotopic (exact) mass is 216 g/mol. The number of amides is 1. The Hall–Kier alpha value is -1.14. The second kappa shape index (κ2) is 4.59. The van der Waals surface area contributed by atoms with Crippen LogP contribution >= 0.6 is 0 Å². The van der Waals surface area contributed by atoms with Crippen molar-refractivity contribution in [2.45, 2.75) is 18.9 Å². The second-order valence-electron chi connectivity index (χ2n) is 3.76. The van der Waals surface area contributed by atoms with E-state index in [-0.39, 0.29) is 12.5 Å². The molecule has 0 spiro atoms. The molecule has 86 valence electrons. The van der Waals surface area contributed by atoms with Crippen molar-refractivity contribution < 1.29 is 19.4 Å². The highest BCUT2D eigenvalue weighted by atomic mass is 16.5. The second-order valence-corrected chi connectivity index (χ2v) is 3.76. The summed E-state index contributed by atoms with van der Waals surface area (Å²) in [7, 11) is 1.29. The molecule has 1 fully saturated rings. The third-order valence-electron chi connectivity index (χ3n) is 2.73. The first-order chi connectivity index (χ1) is 7.05. The molecule has 6 nitrogen and oxygen atoms in total. The highest BCUT2D eigenvalue weighted by Crippen LogP contribution is 2.44. The van der Waals surface area contributed by atoms with Gasteiger partial charge in [-0.3, -0.25) is 4.79 Å². The molecule has 0 radical (unpaired) electrons. The van der Waals surface area contributed by atoms with Gasteiger partial charge in [0.25, 0.3) is 0 Å². The van der Waals surface area contributed by atoms with Crippen LogP contribution in [0.3, 0.4) is 0 Å². The van der Waals surface area contributed by atoms with Gasteiger partial charge in [0.05, 0.1) is 12.0 Å². The maximum Gasteiger partial charge on any atom is 0.334 e. The fourth-order valence-corrected chi connectivity index (χ4v) is 1.32. The Morgan fingerprint density at radius 3 is 2.53 bits per heavy atom. The lowest BCUT2D eigenvalue weighted by Gasteiger charge is -2.15. The van der Waals surface area contributed by atoms with Gasteiger partial charge in [0, 0.05) is 13.7 Å². The number of ether oxygens (including phenoxy) is 1. The van der Waals surface area contributed by atoms with Crippen molar-refractivity contribution in [3.05, 3.63) is 0 Å². The number of aliphatic carboxylic acids is 1. The molecule has 0 heterocycles. The summed E-state index contributed by atoms with van der Waals surface area (Å²) in [5, 5.41) is 11.2. The van der Waals surface area contributed by atoms with Crippen molar-refractivity contribution in [1.82, 2.24) is 5.32 Å². The zero-order valence-electron chi connectivity index (χ0n) is 8.66. The molecule has 0 aromatic rings. The van der Waals surface area contributed by atoms with Crippen LogP contribution in [-0.4, -0.2) is 43.3 Å². The van der Waals surface area contributed by atoms with E-state index < -0.39 is 17.5 Å². The zero-order valence-corrected chi connectivity index (χ0v) is 8.66. The van der Waals surface area contributed by atoms with Crippen LogP contribution in [0.1, 0.15) is 12.8 Å². The van der Waals surface area contributed by atoms with E-state index in [0.717, 1.165) is 12.8 Å². The van der Waals surface area contributed by atoms with E-state index in [2.05, 4.69) is 10.1 Å². The molecule has 1 saturated carbocycles. The van der Waals surface area contributed by atoms with Gasteiger partial charge in [-0.1, -0.05) is 0 Å². The van der Waals surface area contributed by atoms with Crippen LogP contribution in [0.5, 0.6) is 0 Å². The molecule has 1 amide bonds. The molecule has 15 heavy (non-hydrogen) atoms. The predicted octanol–water partition coefficient (Wildman–Crippen LogP) is -1.06. The van der Waals surface area contributed by atoms with Gasteiger partial charge in [0.2, 0.25) is 5.91 Å². The van der Waals surface area contributed by atoms with Gasteiger partial charge >= 0.3 is 5.97 Å². The van der Waals surface area contributed by atoms with E-state index >= 15 is 0 Å². The van der Waals surface area contributed by atoms with Gasteiger partial charge in [0.15, 0.2) is 6.10 Å². The average Bonchev–Trinajstić information content (AvgIpc) is 2.98. The molecule has 1 rings (SSSR count). The molecule has 1 atom stereocenters. The summed E-state index contributed by atoms with van der Waals surface area (Å²) < 4.78 is 4.68. The molecule has 4 N–H and O–H groups in total. The van der Waals surface area contributed by atoms with Crippen LogP contribution in [0, 0.1) is 5.41 Å². The lowest BCUT2D eigenvalue weighted by atomic mass is 10.1. The summed E-state index contributed by atoms with van der Waals surface area (Å²) in [4.78, 5) is 22.1. The number of carboxylic acids is 1. The van der Waals surface area contributed by atoms with Gasteiger partial charge in [0.1, 0.15) is 0 Å². The van der Waals surface area contributed by atoms with E-state index in [1.165, 1.54) is 7.11 Å². The molecule has 0 aromatic heterocycles. The fourth-order valence-electron chi connectivity index (χ4n) is 1.32. The maximum atomic E-state index is 11.6. The number of rotatable bonds is 6. The third kappa shape index (κ3) is 2.66. The van der Waals surface area contributed by atoms with Crippen LogP contribution in [0.15, 0.2) is 0 Å². The smallest absolute Gasteiger partial charge is 0.334 e. The van der Waals surface area contributed by atoms with E-state index in [9.17, 15) is 9.59 Å². The molecular formula is C9H16N2O4. The highest BCUT2D eigenvalue weighted by Gasteiger charge is 2.48. The third-order valence-corrected chi connectivity index (χ3v) is 2.73. The Morgan fingerprint density at radius 1 is 1.60 bits per heavy atom. The average molecular weight is 216 g/mol. The maximum absolute atomic E-state index is 11.6. The molecule has 1 unspecified atom stereocenters. The highest BCUT2D eigenvalue weighted by molar-refractivity contribution is 5.86. The van der Waals surface area contributed by atoms with Gasteiger partial charge in [-0.25, -0.2) is 4.79 Å². The Kier molecular flexibility index (Phi) is 3.65. The van der Waals surface area contributed by atoms with Crippen LogP contribution in [0.4, 0.5) is 0 Å². The molecule has 6 heteroatoms. The van der Waals surface area contributed by atoms with Crippen molar-refractivity contribution in [2.24, 2.45) is 11.1 Å². The van der Waals surface area contributed by atoms with Crippen LogP contribution in [0.2, 0.25) is 0 Å². The number of hydrogen-bond acceptors (Lipinski definition) is 4. The van der Waals surface area contributed by atoms with Gasteiger partial charge < -0.3 is 20.9 Å². The minimum atomic E-state index is -1.09. The molecule has 0 saturated heterocycles. The van der Waals surface area contributed by atoms with Gasteiger partial charge in [-0.15, -0.1) is 0 Å². The largest absolute Gasteiger partial charge is 0.479 e. The van der Waals surface area contributed by atoms with Gasteiger partial charge in [-0.2, -0.15) is 0 Å². The van der Waals surface area contributed by atoms with E-state index in [4.69, 9.17) is 10.8 Å². The summed E-state index contributed by atoms with van der Waals surface area (Å²) in [6, 6.07) is 0. The van der Waals surface area contributed by atoms with Crippen LogP contribution < -0.4 is 11.1 Å². The van der Waals surface area contributed by atoms with Crippen molar-refractivity contribution in [3.63, 3.8) is 0 Å². The molecule has 0 aliphatic heterocycles. The van der Waals surface area contributed by atoms with Crippen LogP contribution in [-0.2, 0) is 14.3 Å². The first-order valence-electron chi connectivity index (χ1n) is 4.80. The number of hydrogen-bond donors (Lipinski definition) is 3. The van der Waals surface area contributed by atoms with E-state index in [0.29, 0.717) is 6.54 Å². The Balaban J connectivity index is 2.36. The number of carbonyl (C=O) groups is 2. The normalized spacial score (nSPS) is 19.3. The lowest BCUT2D eigenvalue weighted by Crippen LogP contribution is -2.43. The van der Waals surface area contributed by atoms with Crippen molar-refractivity contribution in [3.8, 4) is 0 Å². The van der Waals surface area contributed by atoms with Crippen molar-refractivity contribution in [1.29, 1.82) is 0 Å². The SMILES string of the molecule is COC(CNC(=O)C1(CN)CC1)C(=O)O. The summed E-state index contributed by atoms with van der Waals surface area (Å²) >= 11 is 0.